The van der Waals surface area contributed by atoms with E-state index in [2.05, 4.69) is 36.6 Å². The molecule has 1 atom stereocenters. The molecule has 6 heteroatoms. The molecule has 0 bridgehead atoms. The predicted molar refractivity (Wildman–Crippen MR) is 111 cm³/mol. The Kier molecular flexibility index (Phi) is 8.38. The maximum atomic E-state index is 12.1. The standard InChI is InChI=1S/C22H38N2O4/c1-17-16-19(23-11-14-28-15-12-23)24(10-7-9-22(2,3)4)18(8-6-13-27-5)20(17)21(25)26/h16,18H,6-15H2,1-5H3,(H,25,26). The zero-order valence-electron chi connectivity index (χ0n) is 18.3. The maximum Gasteiger partial charge on any atom is 0.333 e. The Balaban J connectivity index is 2.31. The van der Waals surface area contributed by atoms with E-state index in [9.17, 15) is 9.90 Å². The number of carboxylic acid groups (broad SMARTS) is 1. The summed E-state index contributed by atoms with van der Waals surface area (Å²) >= 11 is 0. The summed E-state index contributed by atoms with van der Waals surface area (Å²) in [5, 5.41) is 9.93. The molecule has 1 saturated heterocycles. The summed E-state index contributed by atoms with van der Waals surface area (Å²) in [7, 11) is 1.69. The van der Waals surface area contributed by atoms with Crippen molar-refractivity contribution in [1.82, 2.24) is 9.80 Å². The van der Waals surface area contributed by atoms with E-state index in [1.54, 1.807) is 7.11 Å². The Morgan fingerprint density at radius 2 is 1.96 bits per heavy atom. The molecule has 6 nitrogen and oxygen atoms in total. The molecule has 2 rings (SSSR count). The Morgan fingerprint density at radius 3 is 2.54 bits per heavy atom. The van der Waals surface area contributed by atoms with E-state index >= 15 is 0 Å². The molecule has 0 amide bonds. The van der Waals surface area contributed by atoms with Crippen LogP contribution in [0.15, 0.2) is 23.0 Å². The summed E-state index contributed by atoms with van der Waals surface area (Å²) in [6.45, 7) is 13.3. The second-order valence-corrected chi connectivity index (χ2v) is 9.01. The summed E-state index contributed by atoms with van der Waals surface area (Å²) in [5.74, 6) is 0.347. The number of ether oxygens (including phenoxy) is 2. The highest BCUT2D eigenvalue weighted by Crippen LogP contribution is 2.33. The van der Waals surface area contributed by atoms with Gasteiger partial charge < -0.3 is 24.4 Å². The third-order valence-corrected chi connectivity index (χ3v) is 5.49. The van der Waals surface area contributed by atoms with Crippen LogP contribution in [0.25, 0.3) is 0 Å². The van der Waals surface area contributed by atoms with Crippen LogP contribution in [-0.4, -0.2) is 73.5 Å². The van der Waals surface area contributed by atoms with Gasteiger partial charge in [-0.05, 0) is 49.7 Å². The van der Waals surface area contributed by atoms with Crippen LogP contribution in [-0.2, 0) is 14.3 Å². The van der Waals surface area contributed by atoms with Crippen molar-refractivity contribution in [2.24, 2.45) is 5.41 Å². The molecule has 0 aromatic carbocycles. The molecule has 0 aliphatic carbocycles. The van der Waals surface area contributed by atoms with Gasteiger partial charge in [-0.2, -0.15) is 0 Å². The zero-order valence-corrected chi connectivity index (χ0v) is 18.3. The highest BCUT2D eigenvalue weighted by molar-refractivity contribution is 5.90. The molecule has 0 radical (unpaired) electrons. The van der Waals surface area contributed by atoms with Gasteiger partial charge in [0, 0.05) is 33.4 Å². The van der Waals surface area contributed by atoms with Gasteiger partial charge in [-0.3, -0.25) is 0 Å². The maximum absolute atomic E-state index is 12.1. The van der Waals surface area contributed by atoms with Crippen molar-refractivity contribution in [2.75, 3.05) is 46.6 Å². The number of morpholine rings is 1. The topological polar surface area (TPSA) is 62.2 Å². The van der Waals surface area contributed by atoms with Crippen molar-refractivity contribution in [3.8, 4) is 0 Å². The number of allylic oxidation sites excluding steroid dienone is 2. The number of rotatable bonds is 9. The summed E-state index contributed by atoms with van der Waals surface area (Å²) in [6.07, 6.45) is 5.84. The Hall–Kier alpha value is -1.53. The lowest BCUT2D eigenvalue weighted by Crippen LogP contribution is -2.49. The predicted octanol–water partition coefficient (Wildman–Crippen LogP) is 3.50. The molecule has 1 fully saturated rings. The van der Waals surface area contributed by atoms with Gasteiger partial charge in [0.15, 0.2) is 0 Å². The summed E-state index contributed by atoms with van der Waals surface area (Å²) in [6, 6.07) is -0.115. The van der Waals surface area contributed by atoms with Crippen LogP contribution in [0.1, 0.15) is 53.4 Å². The first-order valence-corrected chi connectivity index (χ1v) is 10.5. The molecule has 2 aliphatic rings. The minimum Gasteiger partial charge on any atom is -0.478 e. The summed E-state index contributed by atoms with van der Waals surface area (Å²) in [4.78, 5) is 16.8. The molecule has 1 unspecified atom stereocenters. The van der Waals surface area contributed by atoms with Gasteiger partial charge in [-0.25, -0.2) is 4.79 Å². The van der Waals surface area contributed by atoms with E-state index in [-0.39, 0.29) is 11.5 Å². The number of methoxy groups -OCH3 is 1. The van der Waals surface area contributed by atoms with Crippen LogP contribution >= 0.6 is 0 Å². The van der Waals surface area contributed by atoms with Crippen LogP contribution in [0.4, 0.5) is 0 Å². The number of nitrogens with zero attached hydrogens (tertiary/aromatic N) is 2. The minimum absolute atomic E-state index is 0.115. The highest BCUT2D eigenvalue weighted by atomic mass is 16.5. The molecule has 1 N–H and O–H groups in total. The van der Waals surface area contributed by atoms with E-state index in [0.29, 0.717) is 12.2 Å². The number of hydrogen-bond acceptors (Lipinski definition) is 5. The largest absolute Gasteiger partial charge is 0.478 e. The van der Waals surface area contributed by atoms with Gasteiger partial charge in [-0.1, -0.05) is 20.8 Å². The van der Waals surface area contributed by atoms with E-state index in [1.807, 2.05) is 6.92 Å². The molecule has 0 aromatic heterocycles. The smallest absolute Gasteiger partial charge is 0.333 e. The monoisotopic (exact) mass is 394 g/mol. The molecular weight excluding hydrogens is 356 g/mol. The SMILES string of the molecule is COCCCC1C(C(=O)O)=C(C)C=C(N2CCOCC2)N1CCCC(C)(C)C. The number of aliphatic carboxylic acids is 1. The van der Waals surface area contributed by atoms with Crippen molar-refractivity contribution in [2.45, 2.75) is 59.4 Å². The van der Waals surface area contributed by atoms with Crippen molar-refractivity contribution < 1.29 is 19.4 Å². The Morgan fingerprint density at radius 1 is 1.29 bits per heavy atom. The normalized spacial score (nSPS) is 21.2. The summed E-state index contributed by atoms with van der Waals surface area (Å²) < 4.78 is 10.8. The molecule has 2 aliphatic heterocycles. The molecule has 0 saturated carbocycles. The van der Waals surface area contributed by atoms with Crippen LogP contribution in [0.5, 0.6) is 0 Å². The van der Waals surface area contributed by atoms with Gasteiger partial charge in [0.1, 0.15) is 5.82 Å². The first-order valence-electron chi connectivity index (χ1n) is 10.5. The average Bonchev–Trinajstić information content (AvgIpc) is 2.62. The van der Waals surface area contributed by atoms with Crippen molar-refractivity contribution >= 4 is 5.97 Å². The van der Waals surface area contributed by atoms with E-state index in [1.165, 1.54) is 0 Å². The van der Waals surface area contributed by atoms with Gasteiger partial charge in [0.2, 0.25) is 0 Å². The van der Waals surface area contributed by atoms with Gasteiger partial charge in [0.25, 0.3) is 0 Å². The number of hydrogen-bond donors (Lipinski definition) is 1. The Labute approximate surface area is 170 Å². The quantitative estimate of drug-likeness (QED) is 0.604. The van der Waals surface area contributed by atoms with Gasteiger partial charge >= 0.3 is 5.97 Å². The third kappa shape index (κ3) is 6.24. The number of carbonyl (C=O) groups is 1. The first-order chi connectivity index (χ1) is 13.2. The molecule has 28 heavy (non-hydrogen) atoms. The van der Waals surface area contributed by atoms with Crippen LogP contribution in [0, 0.1) is 5.41 Å². The van der Waals surface area contributed by atoms with E-state index < -0.39 is 5.97 Å². The molecular formula is C22H38N2O4. The number of carboxylic acids is 1. The van der Waals surface area contributed by atoms with Gasteiger partial charge in [-0.15, -0.1) is 0 Å². The lowest BCUT2D eigenvalue weighted by molar-refractivity contribution is -0.133. The second-order valence-electron chi connectivity index (χ2n) is 9.01. The fourth-order valence-electron chi connectivity index (χ4n) is 4.08. The van der Waals surface area contributed by atoms with Crippen molar-refractivity contribution in [3.63, 3.8) is 0 Å². The van der Waals surface area contributed by atoms with E-state index in [4.69, 9.17) is 9.47 Å². The Bertz CT molecular complexity index is 586. The fraction of sp³-hybridized carbons (Fsp3) is 0.773. The van der Waals surface area contributed by atoms with Crippen molar-refractivity contribution in [3.05, 3.63) is 23.0 Å². The molecule has 2 heterocycles. The summed E-state index contributed by atoms with van der Waals surface area (Å²) in [5.41, 5.74) is 1.67. The lowest BCUT2D eigenvalue weighted by atomic mass is 9.89. The molecule has 160 valence electrons. The second kappa shape index (κ2) is 10.3. The fourth-order valence-corrected chi connectivity index (χ4v) is 4.08. The average molecular weight is 395 g/mol. The zero-order chi connectivity index (χ0) is 20.7. The van der Waals surface area contributed by atoms with Crippen molar-refractivity contribution in [1.29, 1.82) is 0 Å². The third-order valence-electron chi connectivity index (χ3n) is 5.49. The highest BCUT2D eigenvalue weighted by Gasteiger charge is 2.35. The van der Waals surface area contributed by atoms with Gasteiger partial charge in [0.05, 0.1) is 24.8 Å². The van der Waals surface area contributed by atoms with Crippen LogP contribution in [0.3, 0.4) is 0 Å². The van der Waals surface area contributed by atoms with E-state index in [0.717, 1.165) is 69.9 Å². The first kappa shape index (κ1) is 22.8. The van der Waals surface area contributed by atoms with Crippen LogP contribution < -0.4 is 0 Å². The molecule has 0 aromatic rings. The molecule has 0 spiro atoms. The lowest BCUT2D eigenvalue weighted by Gasteiger charge is -2.45. The van der Waals surface area contributed by atoms with Crippen LogP contribution in [0.2, 0.25) is 0 Å². The minimum atomic E-state index is -0.807.